The molecule has 2 rings (SSSR count). The Kier molecular flexibility index (Phi) is 3.30. The molecule has 0 aliphatic heterocycles. The number of carbonyl (C=O) groups is 2. The van der Waals surface area contributed by atoms with Gasteiger partial charge in [0.2, 0.25) is 23.1 Å². The third kappa shape index (κ3) is 2.14. The van der Waals surface area contributed by atoms with E-state index in [9.17, 15) is 30.0 Å². The van der Waals surface area contributed by atoms with Crippen molar-refractivity contribution in [3.63, 3.8) is 0 Å². The fourth-order valence-electron chi connectivity index (χ4n) is 1.65. The first-order valence-corrected chi connectivity index (χ1v) is 5.54. The number of phenols is 4. The highest BCUT2D eigenvalue weighted by molar-refractivity contribution is 6.49. The topological polar surface area (TPSA) is 115 Å². The summed E-state index contributed by atoms with van der Waals surface area (Å²) in [5.74, 6) is -5.83. The highest BCUT2D eigenvalue weighted by Crippen LogP contribution is 2.44. The zero-order chi connectivity index (χ0) is 14.9. The molecule has 0 aliphatic carbocycles. The molecular formula is C14H10O6. The van der Waals surface area contributed by atoms with Crippen molar-refractivity contribution >= 4 is 11.6 Å². The van der Waals surface area contributed by atoms with Crippen LogP contribution in [0.5, 0.6) is 23.0 Å². The Morgan fingerprint density at radius 2 is 1.35 bits per heavy atom. The molecule has 102 valence electrons. The van der Waals surface area contributed by atoms with Gasteiger partial charge in [-0.15, -0.1) is 0 Å². The normalized spacial score (nSPS) is 10.2. The predicted octanol–water partition coefficient (Wildman–Crippen LogP) is 1.57. The third-order valence-corrected chi connectivity index (χ3v) is 2.71. The average molecular weight is 274 g/mol. The lowest BCUT2D eigenvalue weighted by molar-refractivity contribution is 0.0814. The van der Waals surface area contributed by atoms with E-state index in [2.05, 4.69) is 0 Å². The molecular weight excluding hydrogens is 264 g/mol. The number of hydrogen-bond donors (Lipinski definition) is 4. The first-order valence-electron chi connectivity index (χ1n) is 5.54. The van der Waals surface area contributed by atoms with Crippen LogP contribution >= 0.6 is 0 Å². The molecule has 0 saturated heterocycles. The van der Waals surface area contributed by atoms with Crippen LogP contribution in [0.3, 0.4) is 0 Å². The summed E-state index contributed by atoms with van der Waals surface area (Å²) in [7, 11) is 0. The van der Waals surface area contributed by atoms with Crippen molar-refractivity contribution < 1.29 is 30.0 Å². The lowest BCUT2D eigenvalue weighted by Crippen LogP contribution is -2.14. The van der Waals surface area contributed by atoms with Gasteiger partial charge >= 0.3 is 0 Å². The van der Waals surface area contributed by atoms with Gasteiger partial charge < -0.3 is 20.4 Å². The van der Waals surface area contributed by atoms with Crippen LogP contribution in [0.4, 0.5) is 0 Å². The van der Waals surface area contributed by atoms with Gasteiger partial charge in [0, 0.05) is 5.56 Å². The van der Waals surface area contributed by atoms with E-state index >= 15 is 0 Å². The van der Waals surface area contributed by atoms with Crippen molar-refractivity contribution in [3.8, 4) is 23.0 Å². The molecule has 2 aromatic rings. The number of phenolic OH excluding ortho intramolecular Hbond substituents is 4. The Hall–Kier alpha value is -3.02. The van der Waals surface area contributed by atoms with Gasteiger partial charge in [-0.1, -0.05) is 30.3 Å². The van der Waals surface area contributed by atoms with Crippen LogP contribution in [0, 0.1) is 0 Å². The van der Waals surface area contributed by atoms with E-state index in [-0.39, 0.29) is 5.56 Å². The molecule has 0 saturated carbocycles. The molecule has 0 heterocycles. The van der Waals surface area contributed by atoms with Crippen molar-refractivity contribution in [2.75, 3.05) is 0 Å². The Morgan fingerprint density at radius 3 is 1.95 bits per heavy atom. The predicted molar refractivity (Wildman–Crippen MR) is 68.2 cm³/mol. The second kappa shape index (κ2) is 4.93. The van der Waals surface area contributed by atoms with E-state index in [1.807, 2.05) is 0 Å². The fourth-order valence-corrected chi connectivity index (χ4v) is 1.65. The zero-order valence-electron chi connectivity index (χ0n) is 10.1. The lowest BCUT2D eigenvalue weighted by Gasteiger charge is -2.08. The smallest absolute Gasteiger partial charge is 0.237 e. The molecule has 20 heavy (non-hydrogen) atoms. The highest BCUT2D eigenvalue weighted by Gasteiger charge is 2.26. The molecule has 0 aliphatic rings. The maximum atomic E-state index is 12.0. The molecule has 0 unspecified atom stereocenters. The molecule has 0 aromatic heterocycles. The maximum Gasteiger partial charge on any atom is 0.237 e. The minimum absolute atomic E-state index is 0.101. The van der Waals surface area contributed by atoms with Gasteiger partial charge in [-0.25, -0.2) is 0 Å². The molecule has 2 aromatic carbocycles. The third-order valence-electron chi connectivity index (χ3n) is 2.71. The summed E-state index contributed by atoms with van der Waals surface area (Å²) in [6, 6.07) is 8.33. The quantitative estimate of drug-likeness (QED) is 0.292. The van der Waals surface area contributed by atoms with Gasteiger partial charge in [0.05, 0.1) is 5.56 Å². The minimum Gasteiger partial charge on any atom is -0.504 e. The number of carbonyl (C=O) groups excluding carboxylic acids is 2. The molecule has 6 heteroatoms. The van der Waals surface area contributed by atoms with E-state index < -0.39 is 40.1 Å². The number of rotatable bonds is 3. The van der Waals surface area contributed by atoms with Gasteiger partial charge in [0.15, 0.2) is 11.5 Å². The monoisotopic (exact) mass is 274 g/mol. The van der Waals surface area contributed by atoms with Crippen LogP contribution in [-0.4, -0.2) is 32.0 Å². The standard InChI is InChI=1S/C14H10O6/c15-9-6-8(12(18)14(20)13(9)19)11(17)10(16)7-4-2-1-3-5-7/h1-6,15,18-20H. The average Bonchev–Trinajstić information content (AvgIpc) is 2.48. The van der Waals surface area contributed by atoms with E-state index in [4.69, 9.17) is 0 Å². The number of hydrogen-bond acceptors (Lipinski definition) is 6. The van der Waals surface area contributed by atoms with Gasteiger partial charge in [0.25, 0.3) is 0 Å². The van der Waals surface area contributed by atoms with Crippen LogP contribution in [0.1, 0.15) is 20.7 Å². The molecule has 4 N–H and O–H groups in total. The molecule has 0 amide bonds. The van der Waals surface area contributed by atoms with Crippen molar-refractivity contribution in [1.82, 2.24) is 0 Å². The van der Waals surface area contributed by atoms with E-state index in [1.165, 1.54) is 12.1 Å². The summed E-state index contributed by atoms with van der Waals surface area (Å²) in [5.41, 5.74) is -0.490. The van der Waals surface area contributed by atoms with Crippen LogP contribution < -0.4 is 0 Å². The van der Waals surface area contributed by atoms with Crippen molar-refractivity contribution in [2.24, 2.45) is 0 Å². The second-order valence-corrected chi connectivity index (χ2v) is 4.01. The summed E-state index contributed by atoms with van der Waals surface area (Å²) in [5, 5.41) is 37.4. The summed E-state index contributed by atoms with van der Waals surface area (Å²) >= 11 is 0. The molecule has 0 bridgehead atoms. The number of Topliss-reactive ketones (excluding diaryl/α,β-unsaturated/α-hetero) is 2. The van der Waals surface area contributed by atoms with Gasteiger partial charge in [0.1, 0.15) is 0 Å². The molecule has 0 fully saturated rings. The maximum absolute atomic E-state index is 12.0. The molecule has 6 nitrogen and oxygen atoms in total. The van der Waals surface area contributed by atoms with E-state index in [1.54, 1.807) is 18.2 Å². The Bertz CT molecular complexity index is 691. The zero-order valence-corrected chi connectivity index (χ0v) is 10.1. The molecule has 0 atom stereocenters. The minimum atomic E-state index is -1.11. The number of benzene rings is 2. The summed E-state index contributed by atoms with van der Waals surface area (Å²) in [6.45, 7) is 0. The fraction of sp³-hybridized carbons (Fsp3) is 0. The van der Waals surface area contributed by atoms with Crippen LogP contribution in [0.2, 0.25) is 0 Å². The van der Waals surface area contributed by atoms with Crippen LogP contribution in [0.15, 0.2) is 36.4 Å². The summed E-state index contributed by atoms with van der Waals surface area (Å²) in [4.78, 5) is 23.9. The second-order valence-electron chi connectivity index (χ2n) is 4.01. The largest absolute Gasteiger partial charge is 0.504 e. The summed E-state index contributed by atoms with van der Waals surface area (Å²) in [6.07, 6.45) is 0. The highest BCUT2D eigenvalue weighted by atomic mass is 16.3. The Balaban J connectivity index is 2.48. The van der Waals surface area contributed by atoms with E-state index in [0.29, 0.717) is 6.07 Å². The van der Waals surface area contributed by atoms with Crippen molar-refractivity contribution in [1.29, 1.82) is 0 Å². The van der Waals surface area contributed by atoms with Gasteiger partial charge in [-0.3, -0.25) is 9.59 Å². The first-order chi connectivity index (χ1) is 9.43. The Morgan fingerprint density at radius 1 is 0.750 bits per heavy atom. The van der Waals surface area contributed by atoms with E-state index in [0.717, 1.165) is 0 Å². The van der Waals surface area contributed by atoms with Gasteiger partial charge in [-0.2, -0.15) is 0 Å². The van der Waals surface area contributed by atoms with Crippen LogP contribution in [-0.2, 0) is 0 Å². The Labute approximate surface area is 113 Å². The number of aromatic hydroxyl groups is 4. The van der Waals surface area contributed by atoms with Gasteiger partial charge in [-0.05, 0) is 6.07 Å². The number of ketones is 2. The van der Waals surface area contributed by atoms with Crippen molar-refractivity contribution in [2.45, 2.75) is 0 Å². The van der Waals surface area contributed by atoms with Crippen LogP contribution in [0.25, 0.3) is 0 Å². The molecule has 0 radical (unpaired) electrons. The lowest BCUT2D eigenvalue weighted by atomic mass is 10.00. The van der Waals surface area contributed by atoms with Crippen molar-refractivity contribution in [3.05, 3.63) is 47.5 Å². The summed E-state index contributed by atoms with van der Waals surface area (Å²) < 4.78 is 0. The SMILES string of the molecule is O=C(C(=O)c1cc(O)c(O)c(O)c1O)c1ccccc1. The first kappa shape index (κ1) is 13.4. The molecule has 0 spiro atoms.